The highest BCUT2D eigenvalue weighted by atomic mass is 16.2. The fourth-order valence-corrected chi connectivity index (χ4v) is 1.65. The van der Waals surface area contributed by atoms with Gasteiger partial charge in [0.05, 0.1) is 6.54 Å². The molecule has 0 heterocycles. The van der Waals surface area contributed by atoms with E-state index in [0.29, 0.717) is 13.1 Å². The van der Waals surface area contributed by atoms with Crippen LogP contribution >= 0.6 is 0 Å². The van der Waals surface area contributed by atoms with Crippen LogP contribution in [0.1, 0.15) is 26.3 Å². The highest BCUT2D eigenvalue weighted by Gasteiger charge is 2.15. The minimum Gasteiger partial charge on any atom is -0.365 e. The van der Waals surface area contributed by atoms with Crippen molar-refractivity contribution in [3.05, 3.63) is 29.8 Å². The summed E-state index contributed by atoms with van der Waals surface area (Å²) in [5.41, 5.74) is 7.45. The summed E-state index contributed by atoms with van der Waals surface area (Å²) in [5.74, 6) is 0.0212. The molecule has 18 heavy (non-hydrogen) atoms. The average molecular weight is 249 g/mol. The van der Waals surface area contributed by atoms with Crippen LogP contribution in [0.15, 0.2) is 24.3 Å². The first-order valence-electron chi connectivity index (χ1n) is 6.13. The van der Waals surface area contributed by atoms with E-state index in [4.69, 9.17) is 5.73 Å². The summed E-state index contributed by atoms with van der Waals surface area (Å²) < 4.78 is 0. The van der Waals surface area contributed by atoms with Gasteiger partial charge >= 0.3 is 0 Å². The molecule has 0 fully saturated rings. The number of nitrogens with zero attached hydrogens (tertiary/aromatic N) is 1. The lowest BCUT2D eigenvalue weighted by Gasteiger charge is -2.24. The Hall–Kier alpha value is -1.55. The Morgan fingerprint density at radius 2 is 1.83 bits per heavy atom. The molecule has 3 N–H and O–H groups in total. The number of rotatable bonds is 4. The molecule has 0 bridgehead atoms. The van der Waals surface area contributed by atoms with E-state index in [1.54, 1.807) is 0 Å². The maximum Gasteiger partial charge on any atom is 0.239 e. The van der Waals surface area contributed by atoms with Gasteiger partial charge in [-0.15, -0.1) is 0 Å². The molecule has 0 saturated heterocycles. The summed E-state index contributed by atoms with van der Waals surface area (Å²) in [6.45, 7) is 6.80. The Bertz CT molecular complexity index is 392. The smallest absolute Gasteiger partial charge is 0.239 e. The second-order valence-electron chi connectivity index (χ2n) is 5.52. The maximum atomic E-state index is 11.8. The van der Waals surface area contributed by atoms with Crippen molar-refractivity contribution in [2.75, 3.05) is 18.5 Å². The van der Waals surface area contributed by atoms with Gasteiger partial charge in [-0.25, -0.2) is 0 Å². The van der Waals surface area contributed by atoms with Crippen LogP contribution in [0, 0.1) is 0 Å². The average Bonchev–Trinajstić information content (AvgIpc) is 2.26. The molecule has 1 aromatic rings. The lowest BCUT2D eigenvalue weighted by Crippen LogP contribution is -2.45. The first-order valence-corrected chi connectivity index (χ1v) is 6.13. The largest absolute Gasteiger partial charge is 0.365 e. The standard InChI is InChI=1S/C14H23N3O/c1-14(2,3)16-13(18)10-17(4)12-7-5-11(9-15)6-8-12/h5-8H,9-10,15H2,1-4H3,(H,16,18). The number of hydrogen-bond acceptors (Lipinski definition) is 3. The van der Waals surface area contributed by atoms with Gasteiger partial charge < -0.3 is 16.0 Å². The quantitative estimate of drug-likeness (QED) is 0.850. The van der Waals surface area contributed by atoms with Crippen LogP contribution in [0.5, 0.6) is 0 Å². The Balaban J connectivity index is 2.59. The van der Waals surface area contributed by atoms with Gasteiger partial charge in [-0.3, -0.25) is 4.79 Å². The number of carbonyl (C=O) groups is 1. The van der Waals surface area contributed by atoms with Crippen molar-refractivity contribution in [3.8, 4) is 0 Å². The zero-order valence-corrected chi connectivity index (χ0v) is 11.7. The van der Waals surface area contributed by atoms with E-state index >= 15 is 0 Å². The van der Waals surface area contributed by atoms with Crippen LogP contribution in [-0.2, 0) is 11.3 Å². The number of carbonyl (C=O) groups excluding carboxylic acids is 1. The number of nitrogens with one attached hydrogen (secondary N) is 1. The molecule has 100 valence electrons. The number of benzene rings is 1. The molecular weight excluding hydrogens is 226 g/mol. The third-order valence-corrected chi connectivity index (χ3v) is 2.51. The van der Waals surface area contributed by atoms with Crippen molar-refractivity contribution in [1.29, 1.82) is 0 Å². The van der Waals surface area contributed by atoms with Crippen molar-refractivity contribution >= 4 is 11.6 Å². The van der Waals surface area contributed by atoms with Crippen LogP contribution in [0.2, 0.25) is 0 Å². The lowest BCUT2D eigenvalue weighted by atomic mass is 10.1. The highest BCUT2D eigenvalue weighted by Crippen LogP contribution is 2.13. The van der Waals surface area contributed by atoms with Crippen LogP contribution in [0.3, 0.4) is 0 Å². The molecule has 0 spiro atoms. The van der Waals surface area contributed by atoms with Crippen LogP contribution in [0.25, 0.3) is 0 Å². The van der Waals surface area contributed by atoms with Gasteiger partial charge in [0, 0.05) is 24.8 Å². The molecule has 0 aromatic heterocycles. The molecule has 0 unspecified atom stereocenters. The van der Waals surface area contributed by atoms with Gasteiger partial charge in [-0.05, 0) is 38.5 Å². The maximum absolute atomic E-state index is 11.8. The highest BCUT2D eigenvalue weighted by molar-refractivity contribution is 5.81. The second kappa shape index (κ2) is 5.87. The molecule has 0 saturated carbocycles. The first-order chi connectivity index (χ1) is 8.31. The predicted molar refractivity (Wildman–Crippen MR) is 75.5 cm³/mol. The van der Waals surface area contributed by atoms with E-state index in [1.165, 1.54) is 0 Å². The SMILES string of the molecule is CN(CC(=O)NC(C)(C)C)c1ccc(CN)cc1. The Kier molecular flexibility index (Phi) is 4.73. The van der Waals surface area contributed by atoms with Gasteiger partial charge in [0.25, 0.3) is 0 Å². The van der Waals surface area contributed by atoms with E-state index in [9.17, 15) is 4.79 Å². The van der Waals surface area contributed by atoms with E-state index in [1.807, 2.05) is 57.0 Å². The molecule has 0 radical (unpaired) electrons. The van der Waals surface area contributed by atoms with Crippen molar-refractivity contribution < 1.29 is 4.79 Å². The van der Waals surface area contributed by atoms with Crippen molar-refractivity contribution in [3.63, 3.8) is 0 Å². The second-order valence-corrected chi connectivity index (χ2v) is 5.52. The topological polar surface area (TPSA) is 58.4 Å². The third-order valence-electron chi connectivity index (χ3n) is 2.51. The van der Waals surface area contributed by atoms with Gasteiger partial charge in [0.1, 0.15) is 0 Å². The minimum atomic E-state index is -0.193. The molecule has 0 aliphatic carbocycles. The number of anilines is 1. The zero-order chi connectivity index (χ0) is 13.8. The molecular formula is C14H23N3O. The molecule has 0 atom stereocenters. The van der Waals surface area contributed by atoms with Gasteiger partial charge in [-0.2, -0.15) is 0 Å². The van der Waals surface area contributed by atoms with E-state index in [0.717, 1.165) is 11.3 Å². The van der Waals surface area contributed by atoms with Crippen molar-refractivity contribution in [2.24, 2.45) is 5.73 Å². The predicted octanol–water partition coefficient (Wildman–Crippen LogP) is 1.50. The lowest BCUT2D eigenvalue weighted by molar-refractivity contribution is -0.121. The normalized spacial score (nSPS) is 11.2. The van der Waals surface area contributed by atoms with Crippen molar-refractivity contribution in [1.82, 2.24) is 5.32 Å². The molecule has 1 rings (SSSR count). The summed E-state index contributed by atoms with van der Waals surface area (Å²) in [6, 6.07) is 7.92. The Morgan fingerprint density at radius 1 is 1.28 bits per heavy atom. The van der Waals surface area contributed by atoms with Crippen molar-refractivity contribution in [2.45, 2.75) is 32.9 Å². The number of nitrogens with two attached hydrogens (primary N) is 1. The number of amides is 1. The van der Waals surface area contributed by atoms with Crippen LogP contribution in [-0.4, -0.2) is 25.0 Å². The zero-order valence-electron chi connectivity index (χ0n) is 11.7. The summed E-state index contributed by atoms with van der Waals surface area (Å²) >= 11 is 0. The molecule has 0 aliphatic heterocycles. The third kappa shape index (κ3) is 4.75. The fraction of sp³-hybridized carbons (Fsp3) is 0.500. The van der Waals surface area contributed by atoms with E-state index < -0.39 is 0 Å². The number of hydrogen-bond donors (Lipinski definition) is 2. The van der Waals surface area contributed by atoms with Gasteiger partial charge in [0.15, 0.2) is 0 Å². The molecule has 1 amide bonds. The number of likely N-dealkylation sites (N-methyl/N-ethyl adjacent to an activating group) is 1. The summed E-state index contributed by atoms with van der Waals surface area (Å²) in [6.07, 6.45) is 0. The molecule has 1 aromatic carbocycles. The summed E-state index contributed by atoms with van der Waals surface area (Å²) in [4.78, 5) is 13.7. The van der Waals surface area contributed by atoms with Gasteiger partial charge in [-0.1, -0.05) is 12.1 Å². The molecule has 4 heteroatoms. The van der Waals surface area contributed by atoms with Gasteiger partial charge in [0.2, 0.25) is 5.91 Å². The molecule has 4 nitrogen and oxygen atoms in total. The Labute approximate surface area is 109 Å². The van der Waals surface area contributed by atoms with E-state index in [-0.39, 0.29) is 11.4 Å². The first kappa shape index (κ1) is 14.5. The Morgan fingerprint density at radius 3 is 2.28 bits per heavy atom. The van der Waals surface area contributed by atoms with E-state index in [2.05, 4.69) is 5.32 Å². The summed E-state index contributed by atoms with van der Waals surface area (Å²) in [5, 5.41) is 2.94. The monoisotopic (exact) mass is 249 g/mol. The summed E-state index contributed by atoms with van der Waals surface area (Å²) in [7, 11) is 1.90. The minimum absolute atomic E-state index is 0.0212. The van der Waals surface area contributed by atoms with Crippen LogP contribution in [0.4, 0.5) is 5.69 Å². The fourth-order valence-electron chi connectivity index (χ4n) is 1.65. The van der Waals surface area contributed by atoms with Crippen LogP contribution < -0.4 is 16.0 Å². The molecule has 0 aliphatic rings.